The van der Waals surface area contributed by atoms with Crippen LogP contribution in [0.4, 0.5) is 5.69 Å². The fourth-order valence-corrected chi connectivity index (χ4v) is 3.12. The second kappa shape index (κ2) is 4.81. The Hall–Kier alpha value is -2.88. The van der Waals surface area contributed by atoms with Crippen molar-refractivity contribution in [2.24, 2.45) is 0 Å². The van der Waals surface area contributed by atoms with Crippen LogP contribution in [0.1, 0.15) is 16.7 Å². The first-order valence-electron chi connectivity index (χ1n) is 7.67. The maximum absolute atomic E-state index is 6.08. The highest BCUT2D eigenvalue weighted by atomic mass is 15.2. The lowest BCUT2D eigenvalue weighted by Crippen LogP contribution is -1.97. The Labute approximate surface area is 134 Å². The molecule has 2 aromatic carbocycles. The van der Waals surface area contributed by atoms with E-state index < -0.39 is 0 Å². The molecule has 0 aliphatic carbocycles. The second-order valence-corrected chi connectivity index (χ2v) is 6.09. The van der Waals surface area contributed by atoms with E-state index in [2.05, 4.69) is 52.7 Å². The van der Waals surface area contributed by atoms with E-state index in [9.17, 15) is 0 Å². The Morgan fingerprint density at radius 3 is 2.48 bits per heavy atom. The molecule has 0 fully saturated rings. The van der Waals surface area contributed by atoms with Gasteiger partial charge in [-0.2, -0.15) is 0 Å². The zero-order valence-corrected chi connectivity index (χ0v) is 13.5. The molecule has 4 rings (SSSR count). The highest BCUT2D eigenvalue weighted by Crippen LogP contribution is 2.29. The first-order chi connectivity index (χ1) is 11.1. The number of rotatable bonds is 1. The quantitative estimate of drug-likeness (QED) is 0.539. The van der Waals surface area contributed by atoms with Gasteiger partial charge in [0.1, 0.15) is 0 Å². The summed E-state index contributed by atoms with van der Waals surface area (Å²) in [5.41, 5.74) is 13.3. The van der Waals surface area contributed by atoms with Gasteiger partial charge in [-0.15, -0.1) is 10.2 Å². The number of hydrogen-bond acceptors (Lipinski definition) is 3. The average Bonchev–Trinajstić information content (AvgIpc) is 2.94. The summed E-state index contributed by atoms with van der Waals surface area (Å²) in [5.74, 6) is 0.825. The molecule has 0 bridgehead atoms. The zero-order chi connectivity index (χ0) is 16.1. The number of benzene rings is 2. The molecule has 0 saturated carbocycles. The van der Waals surface area contributed by atoms with E-state index in [1.165, 1.54) is 16.5 Å². The number of aryl methyl sites for hydroxylation is 3. The third-order valence-corrected chi connectivity index (χ3v) is 4.46. The minimum Gasteiger partial charge on any atom is -0.398 e. The van der Waals surface area contributed by atoms with Crippen LogP contribution >= 0.6 is 0 Å². The Morgan fingerprint density at radius 1 is 0.870 bits per heavy atom. The van der Waals surface area contributed by atoms with Gasteiger partial charge in [0, 0.05) is 16.6 Å². The van der Waals surface area contributed by atoms with Gasteiger partial charge in [-0.1, -0.05) is 30.3 Å². The third kappa shape index (κ3) is 1.99. The van der Waals surface area contributed by atoms with Crippen molar-refractivity contribution in [1.29, 1.82) is 0 Å². The van der Waals surface area contributed by atoms with Crippen molar-refractivity contribution < 1.29 is 0 Å². The summed E-state index contributed by atoms with van der Waals surface area (Å²) in [4.78, 5) is 0. The number of anilines is 1. The van der Waals surface area contributed by atoms with E-state index in [0.717, 1.165) is 33.8 Å². The molecule has 4 nitrogen and oxygen atoms in total. The summed E-state index contributed by atoms with van der Waals surface area (Å²) >= 11 is 0. The lowest BCUT2D eigenvalue weighted by Gasteiger charge is -2.11. The molecule has 0 aliphatic heterocycles. The minimum atomic E-state index is 0.771. The predicted octanol–water partition coefficient (Wildman–Crippen LogP) is 4.06. The molecule has 0 atom stereocenters. The van der Waals surface area contributed by atoms with Gasteiger partial charge < -0.3 is 5.73 Å². The number of para-hydroxylation sites is 1. The van der Waals surface area contributed by atoms with Gasteiger partial charge in [0.15, 0.2) is 11.5 Å². The number of nitrogens with zero attached hydrogens (tertiary/aromatic N) is 3. The molecule has 0 spiro atoms. The van der Waals surface area contributed by atoms with Gasteiger partial charge in [-0.3, -0.25) is 4.40 Å². The summed E-state index contributed by atoms with van der Waals surface area (Å²) in [7, 11) is 0. The standard InChI is InChI=1S/C19H18N4/c1-11-7-8-14(10-16(11)20)19-22-21-17-9-13(3)15-6-4-5-12(2)18(15)23(17)19/h4-10H,20H2,1-3H3. The van der Waals surface area contributed by atoms with E-state index >= 15 is 0 Å². The number of pyridine rings is 1. The van der Waals surface area contributed by atoms with Crippen molar-refractivity contribution in [3.05, 3.63) is 59.2 Å². The Morgan fingerprint density at radius 2 is 1.70 bits per heavy atom. The number of nitrogens with two attached hydrogens (primary N) is 1. The van der Waals surface area contributed by atoms with Gasteiger partial charge in [0.2, 0.25) is 0 Å². The van der Waals surface area contributed by atoms with Crippen LogP contribution in [-0.4, -0.2) is 14.6 Å². The van der Waals surface area contributed by atoms with E-state index in [-0.39, 0.29) is 0 Å². The molecule has 0 unspecified atom stereocenters. The Bertz CT molecular complexity index is 1060. The fourth-order valence-electron chi connectivity index (χ4n) is 3.12. The maximum Gasteiger partial charge on any atom is 0.168 e. The molecule has 4 aromatic rings. The second-order valence-electron chi connectivity index (χ2n) is 6.09. The molecule has 2 N–H and O–H groups in total. The van der Waals surface area contributed by atoms with Crippen molar-refractivity contribution in [3.63, 3.8) is 0 Å². The van der Waals surface area contributed by atoms with E-state index in [4.69, 9.17) is 5.73 Å². The molecule has 114 valence electrons. The summed E-state index contributed by atoms with van der Waals surface area (Å²) in [5, 5.41) is 10.0. The number of fused-ring (bicyclic) bond motifs is 3. The maximum atomic E-state index is 6.08. The lowest BCUT2D eigenvalue weighted by molar-refractivity contribution is 1.11. The minimum absolute atomic E-state index is 0.771. The van der Waals surface area contributed by atoms with Crippen LogP contribution in [0.15, 0.2) is 42.5 Å². The van der Waals surface area contributed by atoms with Gasteiger partial charge >= 0.3 is 0 Å². The molecule has 0 aliphatic rings. The molecular formula is C19H18N4. The van der Waals surface area contributed by atoms with Crippen LogP contribution in [0.2, 0.25) is 0 Å². The topological polar surface area (TPSA) is 56.2 Å². The summed E-state index contributed by atoms with van der Waals surface area (Å²) in [6.45, 7) is 6.23. The third-order valence-electron chi connectivity index (χ3n) is 4.46. The molecule has 2 heterocycles. The van der Waals surface area contributed by atoms with E-state index in [1.54, 1.807) is 0 Å². The summed E-state index contributed by atoms with van der Waals surface area (Å²) in [6, 6.07) is 14.5. The van der Waals surface area contributed by atoms with Crippen LogP contribution in [0.3, 0.4) is 0 Å². The Balaban J connectivity index is 2.15. The SMILES string of the molecule is Cc1ccc(-c2nnc3cc(C)c4cccc(C)c4n23)cc1N. The number of hydrogen-bond donors (Lipinski definition) is 1. The smallest absolute Gasteiger partial charge is 0.168 e. The first-order valence-corrected chi connectivity index (χ1v) is 7.67. The summed E-state index contributed by atoms with van der Waals surface area (Å²) in [6.07, 6.45) is 0. The molecule has 0 amide bonds. The van der Waals surface area contributed by atoms with Crippen LogP contribution < -0.4 is 5.73 Å². The van der Waals surface area contributed by atoms with Crippen LogP contribution in [0.5, 0.6) is 0 Å². The molecule has 2 aromatic heterocycles. The first kappa shape index (κ1) is 13.8. The summed E-state index contributed by atoms with van der Waals surface area (Å²) < 4.78 is 2.13. The molecule has 0 radical (unpaired) electrons. The monoisotopic (exact) mass is 302 g/mol. The van der Waals surface area contributed by atoms with Crippen molar-refractivity contribution in [1.82, 2.24) is 14.6 Å². The van der Waals surface area contributed by atoms with Crippen LogP contribution in [-0.2, 0) is 0 Å². The highest BCUT2D eigenvalue weighted by Gasteiger charge is 2.14. The zero-order valence-electron chi connectivity index (χ0n) is 13.5. The van der Waals surface area contributed by atoms with Crippen LogP contribution in [0, 0.1) is 20.8 Å². The number of aromatic nitrogens is 3. The number of nitrogen functional groups attached to an aromatic ring is 1. The normalized spacial score (nSPS) is 11.4. The van der Waals surface area contributed by atoms with Gasteiger partial charge in [0.05, 0.1) is 5.52 Å². The van der Waals surface area contributed by atoms with E-state index in [1.807, 2.05) is 25.1 Å². The Kier molecular flexibility index (Phi) is 2.88. The van der Waals surface area contributed by atoms with Crippen molar-refractivity contribution in [2.45, 2.75) is 20.8 Å². The van der Waals surface area contributed by atoms with Crippen molar-refractivity contribution in [3.8, 4) is 11.4 Å². The highest BCUT2D eigenvalue weighted by molar-refractivity contribution is 5.89. The molecule has 23 heavy (non-hydrogen) atoms. The van der Waals surface area contributed by atoms with Gasteiger partial charge in [-0.25, -0.2) is 0 Å². The van der Waals surface area contributed by atoms with Gasteiger partial charge in [0.25, 0.3) is 0 Å². The van der Waals surface area contributed by atoms with Crippen LogP contribution in [0.25, 0.3) is 27.9 Å². The average molecular weight is 302 g/mol. The van der Waals surface area contributed by atoms with E-state index in [0.29, 0.717) is 0 Å². The lowest BCUT2D eigenvalue weighted by atomic mass is 10.1. The predicted molar refractivity (Wildman–Crippen MR) is 94.6 cm³/mol. The van der Waals surface area contributed by atoms with Gasteiger partial charge in [-0.05, 0) is 49.6 Å². The van der Waals surface area contributed by atoms with Crippen molar-refractivity contribution >= 4 is 22.2 Å². The largest absolute Gasteiger partial charge is 0.398 e. The molecule has 0 saturated heterocycles. The molecule has 4 heteroatoms. The molecular weight excluding hydrogens is 284 g/mol. The fraction of sp³-hybridized carbons (Fsp3) is 0.158. The van der Waals surface area contributed by atoms with Crippen molar-refractivity contribution in [2.75, 3.05) is 5.73 Å².